The van der Waals surface area contributed by atoms with Crippen molar-refractivity contribution >= 4 is 27.9 Å². The molecule has 24 heavy (non-hydrogen) atoms. The number of nitrogens with one attached hydrogen (secondary N) is 1. The molecule has 1 aromatic rings. The standard InChI is InChI=1S/C17H24BrFN2O3/c1-17(2,3)24-16(23)20-8-10-21(15(22)12-18)9-7-13-5-4-6-14(19)11-13/h4-6,11H,7-10,12H2,1-3H3,(H,20,23). The Bertz CT molecular complexity index is 561. The van der Waals surface area contributed by atoms with Crippen LogP contribution in [-0.2, 0) is 16.0 Å². The predicted octanol–water partition coefficient (Wildman–Crippen LogP) is 3.12. The Morgan fingerprint density at radius 1 is 1.29 bits per heavy atom. The third kappa shape index (κ3) is 8.29. The fourth-order valence-corrected chi connectivity index (χ4v) is 2.36. The topological polar surface area (TPSA) is 58.6 Å². The monoisotopic (exact) mass is 402 g/mol. The van der Waals surface area contributed by atoms with Crippen molar-refractivity contribution in [2.75, 3.05) is 25.0 Å². The van der Waals surface area contributed by atoms with Crippen LogP contribution in [0.5, 0.6) is 0 Å². The number of carbonyl (C=O) groups excluding carboxylic acids is 2. The minimum Gasteiger partial charge on any atom is -0.444 e. The number of alkyl halides is 1. The van der Waals surface area contributed by atoms with E-state index in [-0.39, 0.29) is 23.6 Å². The zero-order valence-corrected chi connectivity index (χ0v) is 15.9. The van der Waals surface area contributed by atoms with Crippen molar-refractivity contribution < 1.29 is 18.7 Å². The van der Waals surface area contributed by atoms with E-state index >= 15 is 0 Å². The second-order valence-electron chi connectivity index (χ2n) is 6.32. The summed E-state index contributed by atoms with van der Waals surface area (Å²) in [5.41, 5.74) is 0.259. The molecule has 0 radical (unpaired) electrons. The first-order valence-corrected chi connectivity index (χ1v) is 8.88. The van der Waals surface area contributed by atoms with Crippen LogP contribution in [0.25, 0.3) is 0 Å². The lowest BCUT2D eigenvalue weighted by molar-refractivity contribution is -0.128. The molecular formula is C17H24BrFN2O3. The number of hydrogen-bond donors (Lipinski definition) is 1. The number of carbonyl (C=O) groups is 2. The Labute approximate surface area is 150 Å². The Balaban J connectivity index is 2.48. The van der Waals surface area contributed by atoms with Gasteiger partial charge in [0.05, 0.1) is 5.33 Å². The van der Waals surface area contributed by atoms with E-state index in [1.54, 1.807) is 31.7 Å². The molecule has 1 rings (SSSR count). The predicted molar refractivity (Wildman–Crippen MR) is 94.7 cm³/mol. The smallest absolute Gasteiger partial charge is 0.407 e. The van der Waals surface area contributed by atoms with Gasteiger partial charge in [-0.15, -0.1) is 0 Å². The molecule has 0 aliphatic carbocycles. The van der Waals surface area contributed by atoms with E-state index in [9.17, 15) is 14.0 Å². The Morgan fingerprint density at radius 3 is 2.58 bits per heavy atom. The SMILES string of the molecule is CC(C)(C)OC(=O)NCCN(CCc1cccc(F)c1)C(=O)CBr. The lowest BCUT2D eigenvalue weighted by Crippen LogP contribution is -2.41. The number of benzene rings is 1. The van der Waals surface area contributed by atoms with Gasteiger partial charge in [0.15, 0.2) is 0 Å². The number of alkyl carbamates (subject to hydrolysis) is 1. The maximum atomic E-state index is 13.2. The molecule has 0 spiro atoms. The summed E-state index contributed by atoms with van der Waals surface area (Å²) in [6, 6.07) is 6.30. The molecule has 0 atom stereocenters. The molecule has 0 aliphatic heterocycles. The third-order valence-electron chi connectivity index (χ3n) is 3.08. The minimum atomic E-state index is -0.563. The summed E-state index contributed by atoms with van der Waals surface area (Å²) in [7, 11) is 0. The zero-order chi connectivity index (χ0) is 18.2. The van der Waals surface area contributed by atoms with Crippen molar-refractivity contribution in [1.82, 2.24) is 10.2 Å². The normalized spacial score (nSPS) is 11.0. The van der Waals surface area contributed by atoms with Crippen LogP contribution in [0.4, 0.5) is 9.18 Å². The summed E-state index contributed by atoms with van der Waals surface area (Å²) in [5.74, 6) is -0.380. The van der Waals surface area contributed by atoms with Crippen molar-refractivity contribution in [2.45, 2.75) is 32.8 Å². The van der Waals surface area contributed by atoms with E-state index in [0.29, 0.717) is 19.5 Å². The molecule has 134 valence electrons. The van der Waals surface area contributed by atoms with Crippen LogP contribution in [0.15, 0.2) is 24.3 Å². The van der Waals surface area contributed by atoms with Crippen LogP contribution in [-0.4, -0.2) is 47.5 Å². The molecule has 2 amide bonds. The highest BCUT2D eigenvalue weighted by molar-refractivity contribution is 9.09. The molecule has 0 unspecified atom stereocenters. The fourth-order valence-electron chi connectivity index (χ4n) is 2.01. The average molecular weight is 403 g/mol. The fraction of sp³-hybridized carbons (Fsp3) is 0.529. The highest BCUT2D eigenvalue weighted by Gasteiger charge is 2.17. The molecule has 0 bridgehead atoms. The number of rotatable bonds is 7. The molecule has 0 fully saturated rings. The first kappa shape index (κ1) is 20.4. The van der Waals surface area contributed by atoms with Gasteiger partial charge in [-0.2, -0.15) is 0 Å². The average Bonchev–Trinajstić information content (AvgIpc) is 2.48. The third-order valence-corrected chi connectivity index (χ3v) is 3.56. The highest BCUT2D eigenvalue weighted by Crippen LogP contribution is 2.07. The number of halogens is 2. The molecule has 0 aliphatic rings. The van der Waals surface area contributed by atoms with Crippen LogP contribution in [0.3, 0.4) is 0 Å². The van der Waals surface area contributed by atoms with Gasteiger partial charge in [-0.1, -0.05) is 28.1 Å². The number of hydrogen-bond acceptors (Lipinski definition) is 3. The lowest BCUT2D eigenvalue weighted by atomic mass is 10.1. The molecule has 0 saturated carbocycles. The molecule has 0 aromatic heterocycles. The first-order valence-electron chi connectivity index (χ1n) is 7.76. The van der Waals surface area contributed by atoms with Crippen molar-refractivity contribution in [3.05, 3.63) is 35.6 Å². The quantitative estimate of drug-likeness (QED) is 0.712. The lowest BCUT2D eigenvalue weighted by Gasteiger charge is -2.23. The summed E-state index contributed by atoms with van der Waals surface area (Å²) in [6.45, 7) is 6.45. The second kappa shape index (κ2) is 9.61. The van der Waals surface area contributed by atoms with Crippen LogP contribution >= 0.6 is 15.9 Å². The number of nitrogens with zero attached hydrogens (tertiary/aromatic N) is 1. The molecule has 1 N–H and O–H groups in total. The zero-order valence-electron chi connectivity index (χ0n) is 14.3. The van der Waals surface area contributed by atoms with Gasteiger partial charge < -0.3 is 15.0 Å². The van der Waals surface area contributed by atoms with E-state index in [1.165, 1.54) is 12.1 Å². The van der Waals surface area contributed by atoms with E-state index in [4.69, 9.17) is 4.74 Å². The second-order valence-corrected chi connectivity index (χ2v) is 6.88. The van der Waals surface area contributed by atoms with Gasteiger partial charge in [-0.25, -0.2) is 9.18 Å². The minimum absolute atomic E-state index is 0.0857. The summed E-state index contributed by atoms with van der Waals surface area (Å²) < 4.78 is 18.3. The molecular weight excluding hydrogens is 379 g/mol. The molecule has 5 nitrogen and oxygen atoms in total. The Kier molecular flexibility index (Phi) is 8.18. The molecule has 1 aromatic carbocycles. The van der Waals surface area contributed by atoms with Crippen LogP contribution in [0.1, 0.15) is 26.3 Å². The van der Waals surface area contributed by atoms with Crippen LogP contribution in [0, 0.1) is 5.82 Å². The van der Waals surface area contributed by atoms with Crippen molar-refractivity contribution in [3.8, 4) is 0 Å². The Morgan fingerprint density at radius 2 is 2.00 bits per heavy atom. The van der Waals surface area contributed by atoms with E-state index in [0.717, 1.165) is 5.56 Å². The van der Waals surface area contributed by atoms with Crippen LogP contribution < -0.4 is 5.32 Å². The number of amides is 2. The van der Waals surface area contributed by atoms with Crippen molar-refractivity contribution in [1.29, 1.82) is 0 Å². The summed E-state index contributed by atoms with van der Waals surface area (Å²) in [6.07, 6.45) is 0.0296. The van der Waals surface area contributed by atoms with Crippen molar-refractivity contribution in [2.24, 2.45) is 0 Å². The maximum absolute atomic E-state index is 13.2. The van der Waals surface area contributed by atoms with Gasteiger partial charge in [0.2, 0.25) is 5.91 Å². The summed E-state index contributed by atoms with van der Waals surface area (Å²) in [5, 5.41) is 2.82. The highest BCUT2D eigenvalue weighted by atomic mass is 79.9. The Hall–Kier alpha value is -1.63. The number of ether oxygens (including phenoxy) is 1. The summed E-state index contributed by atoms with van der Waals surface area (Å²) >= 11 is 3.15. The van der Waals surface area contributed by atoms with Gasteiger partial charge in [-0.3, -0.25) is 4.79 Å². The van der Waals surface area contributed by atoms with Crippen LogP contribution in [0.2, 0.25) is 0 Å². The summed E-state index contributed by atoms with van der Waals surface area (Å²) in [4.78, 5) is 25.2. The van der Waals surface area contributed by atoms with Gasteiger partial charge in [-0.05, 0) is 44.9 Å². The first-order chi connectivity index (χ1) is 11.2. The van der Waals surface area contributed by atoms with Gasteiger partial charge in [0, 0.05) is 19.6 Å². The maximum Gasteiger partial charge on any atom is 0.407 e. The van der Waals surface area contributed by atoms with Crippen molar-refractivity contribution in [3.63, 3.8) is 0 Å². The molecule has 0 heterocycles. The van der Waals surface area contributed by atoms with E-state index in [1.807, 2.05) is 6.07 Å². The largest absolute Gasteiger partial charge is 0.444 e. The van der Waals surface area contributed by atoms with Gasteiger partial charge in [0.25, 0.3) is 0 Å². The van der Waals surface area contributed by atoms with E-state index in [2.05, 4.69) is 21.2 Å². The van der Waals surface area contributed by atoms with Gasteiger partial charge >= 0.3 is 6.09 Å². The molecule has 7 heteroatoms. The van der Waals surface area contributed by atoms with E-state index < -0.39 is 11.7 Å². The molecule has 0 saturated heterocycles. The van der Waals surface area contributed by atoms with Gasteiger partial charge in [0.1, 0.15) is 11.4 Å².